The van der Waals surface area contributed by atoms with E-state index in [0.717, 1.165) is 11.1 Å². The van der Waals surface area contributed by atoms with Gasteiger partial charge >= 0.3 is 6.09 Å². The number of aromatic nitrogens is 2. The van der Waals surface area contributed by atoms with Crippen LogP contribution in [-0.2, 0) is 4.74 Å². The molecule has 0 unspecified atom stereocenters. The summed E-state index contributed by atoms with van der Waals surface area (Å²) in [5, 5.41) is 9.94. The molecule has 8 heteroatoms. The quantitative estimate of drug-likeness (QED) is 0.620. The van der Waals surface area contributed by atoms with Crippen molar-refractivity contribution in [1.29, 1.82) is 0 Å². The van der Waals surface area contributed by atoms with Crippen LogP contribution in [0.25, 0.3) is 22.4 Å². The lowest BCUT2D eigenvalue weighted by Gasteiger charge is -2.19. The molecular weight excluding hydrogens is 384 g/mol. The Kier molecular flexibility index (Phi) is 6.05. The third kappa shape index (κ3) is 5.14. The molecule has 0 aliphatic heterocycles. The predicted octanol–water partition coefficient (Wildman–Crippen LogP) is 3.76. The zero-order valence-corrected chi connectivity index (χ0v) is 17.8. The van der Waals surface area contributed by atoms with Gasteiger partial charge in [-0.25, -0.2) is 9.78 Å². The molecule has 0 aliphatic carbocycles. The van der Waals surface area contributed by atoms with Gasteiger partial charge in [0.25, 0.3) is 11.6 Å². The number of carbonyl (C=O) groups is 2. The number of aryl methyl sites for hydroxylation is 2. The van der Waals surface area contributed by atoms with Crippen molar-refractivity contribution in [2.24, 2.45) is 0 Å². The van der Waals surface area contributed by atoms with E-state index in [0.29, 0.717) is 28.1 Å². The van der Waals surface area contributed by atoms with E-state index in [4.69, 9.17) is 9.26 Å². The van der Waals surface area contributed by atoms with Crippen LogP contribution in [0.5, 0.6) is 0 Å². The van der Waals surface area contributed by atoms with E-state index in [1.165, 1.54) is 0 Å². The van der Waals surface area contributed by atoms with Crippen molar-refractivity contribution in [3.63, 3.8) is 0 Å². The molecule has 2 aromatic heterocycles. The number of nitrogens with zero attached hydrogens (tertiary/aromatic N) is 2. The molecule has 3 rings (SSSR count). The fourth-order valence-electron chi connectivity index (χ4n) is 2.90. The minimum absolute atomic E-state index is 0.238. The summed E-state index contributed by atoms with van der Waals surface area (Å²) in [5.74, 6) is -0.298. The summed E-state index contributed by atoms with van der Waals surface area (Å²) in [5.41, 5.74) is 3.37. The van der Waals surface area contributed by atoms with Gasteiger partial charge in [0.05, 0.1) is 22.3 Å². The maximum atomic E-state index is 12.9. The van der Waals surface area contributed by atoms with E-state index in [9.17, 15) is 9.59 Å². The first-order chi connectivity index (χ1) is 14.1. The highest BCUT2D eigenvalue weighted by Gasteiger charge is 2.20. The molecule has 8 nitrogen and oxygen atoms in total. The van der Waals surface area contributed by atoms with Gasteiger partial charge < -0.3 is 19.9 Å². The molecule has 0 bridgehead atoms. The van der Waals surface area contributed by atoms with E-state index in [1.54, 1.807) is 33.8 Å². The van der Waals surface area contributed by atoms with Gasteiger partial charge in [0.15, 0.2) is 0 Å². The molecule has 0 saturated carbocycles. The van der Waals surface area contributed by atoms with Crippen LogP contribution in [0, 0.1) is 13.8 Å². The molecule has 2 amide bonds. The first kappa shape index (κ1) is 21.3. The van der Waals surface area contributed by atoms with Gasteiger partial charge in [0, 0.05) is 18.7 Å². The average molecular weight is 410 g/mol. The number of nitrogens with one attached hydrogen (secondary N) is 2. The molecule has 0 aliphatic rings. The van der Waals surface area contributed by atoms with E-state index in [1.807, 2.05) is 31.2 Å². The number of carbonyl (C=O) groups excluding carboxylic acids is 2. The monoisotopic (exact) mass is 410 g/mol. The molecule has 3 aromatic rings. The number of alkyl carbamates (subject to hydrolysis) is 1. The van der Waals surface area contributed by atoms with Gasteiger partial charge in [0.2, 0.25) is 0 Å². The number of hydrogen-bond donors (Lipinski definition) is 2. The van der Waals surface area contributed by atoms with Crippen molar-refractivity contribution in [2.45, 2.75) is 40.2 Å². The molecule has 2 heterocycles. The number of fused-ring (bicyclic) bond motifs is 1. The van der Waals surface area contributed by atoms with Gasteiger partial charge in [0.1, 0.15) is 5.60 Å². The summed E-state index contributed by atoms with van der Waals surface area (Å²) < 4.78 is 10.5. The van der Waals surface area contributed by atoms with Crippen LogP contribution in [0.1, 0.15) is 42.4 Å². The van der Waals surface area contributed by atoms with Gasteiger partial charge in [-0.05, 0) is 40.7 Å². The van der Waals surface area contributed by atoms with E-state index < -0.39 is 11.7 Å². The first-order valence-electron chi connectivity index (χ1n) is 9.73. The molecule has 0 saturated heterocycles. The molecule has 0 radical (unpaired) electrons. The summed E-state index contributed by atoms with van der Waals surface area (Å²) in [6.07, 6.45) is -0.528. The van der Waals surface area contributed by atoms with E-state index >= 15 is 0 Å². The van der Waals surface area contributed by atoms with Crippen molar-refractivity contribution in [2.75, 3.05) is 13.1 Å². The predicted molar refractivity (Wildman–Crippen MR) is 113 cm³/mol. The lowest BCUT2D eigenvalue weighted by molar-refractivity contribution is 0.0526. The van der Waals surface area contributed by atoms with Crippen LogP contribution in [0.2, 0.25) is 0 Å². The minimum Gasteiger partial charge on any atom is -0.444 e. The summed E-state index contributed by atoms with van der Waals surface area (Å²) >= 11 is 0. The Bertz CT molecular complexity index is 1070. The van der Waals surface area contributed by atoms with Crippen molar-refractivity contribution in [3.05, 3.63) is 47.2 Å². The maximum absolute atomic E-state index is 12.9. The fourth-order valence-corrected chi connectivity index (χ4v) is 2.90. The third-order valence-corrected chi connectivity index (χ3v) is 4.29. The van der Waals surface area contributed by atoms with E-state index in [2.05, 4.69) is 20.8 Å². The highest BCUT2D eigenvalue weighted by molar-refractivity contribution is 6.07. The summed E-state index contributed by atoms with van der Waals surface area (Å²) in [6, 6.07) is 9.58. The molecule has 0 fully saturated rings. The van der Waals surface area contributed by atoms with Crippen molar-refractivity contribution < 1.29 is 18.8 Å². The molecule has 0 atom stereocenters. The Morgan fingerprint density at radius 1 is 1.07 bits per heavy atom. The lowest BCUT2D eigenvalue weighted by atomic mass is 10.0. The van der Waals surface area contributed by atoms with Crippen molar-refractivity contribution in [3.8, 4) is 11.3 Å². The van der Waals surface area contributed by atoms with Crippen molar-refractivity contribution >= 4 is 23.1 Å². The fraction of sp³-hybridized carbons (Fsp3) is 0.364. The smallest absolute Gasteiger partial charge is 0.407 e. The van der Waals surface area contributed by atoms with E-state index in [-0.39, 0.29) is 19.0 Å². The Hall–Kier alpha value is -3.42. The number of ether oxygens (including phenoxy) is 1. The number of hydrogen-bond acceptors (Lipinski definition) is 6. The largest absolute Gasteiger partial charge is 0.444 e. The second kappa shape index (κ2) is 8.52. The molecule has 30 heavy (non-hydrogen) atoms. The Morgan fingerprint density at radius 2 is 1.73 bits per heavy atom. The summed E-state index contributed by atoms with van der Waals surface area (Å²) in [4.78, 5) is 29.1. The van der Waals surface area contributed by atoms with Gasteiger partial charge in [-0.2, -0.15) is 0 Å². The van der Waals surface area contributed by atoms with Crippen LogP contribution in [0.15, 0.2) is 34.9 Å². The molecule has 0 spiro atoms. The molecule has 1 aromatic carbocycles. The standard InChI is InChI=1S/C22H26N4O4/c1-13-6-8-15(9-7-13)17-12-16(18-14(2)26-30-20(18)25-17)19(27)23-10-11-24-21(28)29-22(3,4)5/h6-9,12H,10-11H2,1-5H3,(H,23,27)(H,24,28). The maximum Gasteiger partial charge on any atom is 0.407 e. The van der Waals surface area contributed by atoms with Crippen LogP contribution in [-0.4, -0.2) is 40.8 Å². The first-order valence-corrected chi connectivity index (χ1v) is 9.73. The highest BCUT2D eigenvalue weighted by Crippen LogP contribution is 2.27. The Morgan fingerprint density at radius 3 is 2.40 bits per heavy atom. The lowest BCUT2D eigenvalue weighted by Crippen LogP contribution is -2.37. The van der Waals surface area contributed by atoms with Crippen LogP contribution < -0.4 is 10.6 Å². The number of amides is 2. The third-order valence-electron chi connectivity index (χ3n) is 4.29. The number of pyridine rings is 1. The zero-order valence-electron chi connectivity index (χ0n) is 17.8. The second-order valence-corrected chi connectivity index (χ2v) is 8.05. The molecule has 158 valence electrons. The summed E-state index contributed by atoms with van der Waals surface area (Å²) in [7, 11) is 0. The van der Waals surface area contributed by atoms with Crippen LogP contribution >= 0.6 is 0 Å². The topological polar surface area (TPSA) is 106 Å². The zero-order chi connectivity index (χ0) is 21.9. The highest BCUT2D eigenvalue weighted by atomic mass is 16.6. The average Bonchev–Trinajstić information content (AvgIpc) is 3.04. The SMILES string of the molecule is Cc1ccc(-c2cc(C(=O)NCCNC(=O)OC(C)(C)C)c3c(C)noc3n2)cc1. The molecular formula is C22H26N4O4. The van der Waals surface area contributed by atoms with Crippen LogP contribution in [0.3, 0.4) is 0 Å². The number of rotatable bonds is 5. The van der Waals surface area contributed by atoms with Gasteiger partial charge in [-0.1, -0.05) is 35.0 Å². The van der Waals surface area contributed by atoms with Gasteiger partial charge in [-0.3, -0.25) is 4.79 Å². The van der Waals surface area contributed by atoms with Crippen molar-refractivity contribution in [1.82, 2.24) is 20.8 Å². The van der Waals surface area contributed by atoms with Crippen LogP contribution in [0.4, 0.5) is 4.79 Å². The minimum atomic E-state index is -0.575. The number of benzene rings is 1. The van der Waals surface area contributed by atoms with Gasteiger partial charge in [-0.15, -0.1) is 0 Å². The summed E-state index contributed by atoms with van der Waals surface area (Å²) in [6.45, 7) is 9.61. The Labute approximate surface area is 175 Å². The normalized spacial score (nSPS) is 11.4. The molecule has 2 N–H and O–H groups in total. The Balaban J connectivity index is 1.75. The second-order valence-electron chi connectivity index (χ2n) is 8.05.